The number of nitrogens with zero attached hydrogens (tertiary/aromatic N) is 1. The zero-order chi connectivity index (χ0) is 26.3. The Kier molecular flexibility index (Phi) is 8.61. The lowest BCUT2D eigenvalue weighted by Gasteiger charge is -2.15. The van der Waals surface area contributed by atoms with Crippen molar-refractivity contribution in [3.8, 4) is 21.9 Å². The summed E-state index contributed by atoms with van der Waals surface area (Å²) >= 11 is 1.85. The van der Waals surface area contributed by atoms with Gasteiger partial charge >= 0.3 is 0 Å². The topological polar surface area (TPSA) is 64.8 Å². The second kappa shape index (κ2) is 12.5. The number of carbonyl (C=O) groups excluding carboxylic acids is 1. The fourth-order valence-electron chi connectivity index (χ4n) is 4.91. The Morgan fingerprint density at radius 3 is 2.29 bits per heavy atom. The summed E-state index contributed by atoms with van der Waals surface area (Å²) in [4.78, 5) is 15.0. The molecule has 5 rings (SSSR count). The molecule has 1 aromatic heterocycles. The lowest BCUT2D eigenvalue weighted by molar-refractivity contribution is -0.121. The largest absolute Gasteiger partial charge is 0.494 e. The van der Waals surface area contributed by atoms with Crippen LogP contribution in [0.3, 0.4) is 0 Å². The number of benzene rings is 3. The molecule has 38 heavy (non-hydrogen) atoms. The van der Waals surface area contributed by atoms with Gasteiger partial charge in [-0.1, -0.05) is 37.3 Å². The summed E-state index contributed by atoms with van der Waals surface area (Å²) < 4.78 is 13.2. The molecule has 0 radical (unpaired) electrons. The molecule has 2 heterocycles. The van der Waals surface area contributed by atoms with E-state index >= 15 is 0 Å². The van der Waals surface area contributed by atoms with Gasteiger partial charge in [-0.25, -0.2) is 0 Å². The molecule has 1 aliphatic rings. The summed E-state index contributed by atoms with van der Waals surface area (Å²) in [5, 5.41) is 1.30. The molecule has 1 amide bonds. The Morgan fingerprint density at radius 2 is 1.58 bits per heavy atom. The van der Waals surface area contributed by atoms with Gasteiger partial charge in [0, 0.05) is 22.0 Å². The SMILES string of the molecule is CC(CCOc1ccc(Cc2c(-c3ccc(OCCN4CCCC4)cc3)sc3ccccc23)cc1)C(N)=O. The van der Waals surface area contributed by atoms with Crippen LogP contribution in [0.25, 0.3) is 20.5 Å². The quantitative estimate of drug-likeness (QED) is 0.227. The van der Waals surface area contributed by atoms with Crippen molar-refractivity contribution in [2.24, 2.45) is 11.7 Å². The molecule has 0 aliphatic carbocycles. The highest BCUT2D eigenvalue weighted by molar-refractivity contribution is 7.22. The fraction of sp³-hybridized carbons (Fsp3) is 0.344. The molecule has 2 N–H and O–H groups in total. The van der Waals surface area contributed by atoms with Crippen molar-refractivity contribution in [1.29, 1.82) is 0 Å². The van der Waals surface area contributed by atoms with E-state index in [4.69, 9.17) is 15.2 Å². The normalized spacial score (nSPS) is 14.6. The molecule has 0 saturated carbocycles. The van der Waals surface area contributed by atoms with E-state index in [1.807, 2.05) is 30.4 Å². The Morgan fingerprint density at radius 1 is 0.921 bits per heavy atom. The van der Waals surface area contributed by atoms with Gasteiger partial charge in [0.15, 0.2) is 0 Å². The minimum absolute atomic E-state index is 0.185. The Hall–Kier alpha value is -3.35. The summed E-state index contributed by atoms with van der Waals surface area (Å²) in [6.45, 7) is 6.43. The van der Waals surface area contributed by atoms with Crippen LogP contribution in [0.2, 0.25) is 0 Å². The summed E-state index contributed by atoms with van der Waals surface area (Å²) in [6, 6.07) is 25.5. The summed E-state index contributed by atoms with van der Waals surface area (Å²) in [5.74, 6) is 1.26. The van der Waals surface area contributed by atoms with Gasteiger partial charge in [0.25, 0.3) is 0 Å². The minimum Gasteiger partial charge on any atom is -0.494 e. The third-order valence-electron chi connectivity index (χ3n) is 7.30. The van der Waals surface area contributed by atoms with Crippen molar-refractivity contribution in [2.75, 3.05) is 32.8 Å². The highest BCUT2D eigenvalue weighted by Crippen LogP contribution is 2.40. The van der Waals surface area contributed by atoms with Crippen LogP contribution < -0.4 is 15.2 Å². The summed E-state index contributed by atoms with van der Waals surface area (Å²) in [5.41, 5.74) is 9.13. The van der Waals surface area contributed by atoms with Crippen LogP contribution in [0.15, 0.2) is 72.8 Å². The molecule has 1 aliphatic heterocycles. The van der Waals surface area contributed by atoms with E-state index in [2.05, 4.69) is 65.6 Å². The number of rotatable bonds is 12. The summed E-state index contributed by atoms with van der Waals surface area (Å²) in [7, 11) is 0. The highest BCUT2D eigenvalue weighted by atomic mass is 32.1. The van der Waals surface area contributed by atoms with Crippen LogP contribution >= 0.6 is 11.3 Å². The van der Waals surface area contributed by atoms with E-state index in [0.717, 1.165) is 31.1 Å². The van der Waals surface area contributed by atoms with Gasteiger partial charge in [0.2, 0.25) is 5.91 Å². The Balaban J connectivity index is 1.27. The molecule has 5 nitrogen and oxygen atoms in total. The van der Waals surface area contributed by atoms with Crippen molar-refractivity contribution in [1.82, 2.24) is 4.90 Å². The van der Waals surface area contributed by atoms with Gasteiger partial charge in [-0.05, 0) is 103 Å². The van der Waals surface area contributed by atoms with Gasteiger partial charge in [-0.15, -0.1) is 11.3 Å². The molecule has 1 saturated heterocycles. The first-order valence-corrected chi connectivity index (χ1v) is 14.4. The number of hydrogen-bond acceptors (Lipinski definition) is 5. The van der Waals surface area contributed by atoms with E-state index in [1.165, 1.54) is 57.6 Å². The lowest BCUT2D eigenvalue weighted by Crippen LogP contribution is -2.25. The molecular formula is C32H36N2O3S. The maximum absolute atomic E-state index is 11.2. The first-order chi connectivity index (χ1) is 18.6. The Bertz CT molecular complexity index is 1340. The van der Waals surface area contributed by atoms with Crippen LogP contribution in [0.1, 0.15) is 37.3 Å². The van der Waals surface area contributed by atoms with Crippen LogP contribution in [0.4, 0.5) is 0 Å². The average molecular weight is 529 g/mol. The number of hydrogen-bond donors (Lipinski definition) is 1. The van der Waals surface area contributed by atoms with Crippen molar-refractivity contribution in [3.63, 3.8) is 0 Å². The maximum Gasteiger partial charge on any atom is 0.220 e. The predicted octanol–water partition coefficient (Wildman–Crippen LogP) is 6.52. The van der Waals surface area contributed by atoms with Gasteiger partial charge in [-0.2, -0.15) is 0 Å². The first-order valence-electron chi connectivity index (χ1n) is 13.5. The van der Waals surface area contributed by atoms with Crippen LogP contribution in [-0.4, -0.2) is 43.7 Å². The molecule has 4 aromatic rings. The van der Waals surface area contributed by atoms with Gasteiger partial charge in [0.05, 0.1) is 6.61 Å². The highest BCUT2D eigenvalue weighted by Gasteiger charge is 2.15. The molecule has 3 aromatic carbocycles. The van der Waals surface area contributed by atoms with E-state index in [9.17, 15) is 4.79 Å². The van der Waals surface area contributed by atoms with Crippen molar-refractivity contribution in [2.45, 2.75) is 32.6 Å². The van der Waals surface area contributed by atoms with E-state index in [-0.39, 0.29) is 11.8 Å². The molecular weight excluding hydrogens is 492 g/mol. The molecule has 0 bridgehead atoms. The molecule has 1 atom stereocenters. The number of primary amides is 1. The van der Waals surface area contributed by atoms with Crippen LogP contribution in [0, 0.1) is 5.92 Å². The van der Waals surface area contributed by atoms with Crippen LogP contribution in [-0.2, 0) is 11.2 Å². The first kappa shape index (κ1) is 26.3. The third-order valence-corrected chi connectivity index (χ3v) is 8.56. The number of ether oxygens (including phenoxy) is 2. The number of likely N-dealkylation sites (tertiary alicyclic amines) is 1. The molecule has 198 valence electrons. The standard InChI is InChI=1S/C32H36N2O3S/c1-23(32(33)35)16-20-36-26-12-8-24(9-13-26)22-29-28-6-2-3-7-30(28)38-31(29)25-10-14-27(15-11-25)37-21-19-34-17-4-5-18-34/h2-3,6-15,23H,4-5,16-22H2,1H3,(H2,33,35). The second-order valence-electron chi connectivity index (χ2n) is 10.1. The molecule has 1 unspecified atom stereocenters. The smallest absolute Gasteiger partial charge is 0.220 e. The summed E-state index contributed by atoms with van der Waals surface area (Å²) in [6.07, 6.45) is 4.07. The third kappa shape index (κ3) is 6.55. The van der Waals surface area contributed by atoms with Crippen molar-refractivity contribution in [3.05, 3.63) is 83.9 Å². The van der Waals surface area contributed by atoms with Crippen molar-refractivity contribution < 1.29 is 14.3 Å². The van der Waals surface area contributed by atoms with E-state index in [0.29, 0.717) is 13.0 Å². The monoisotopic (exact) mass is 528 g/mol. The number of carbonyl (C=O) groups is 1. The van der Waals surface area contributed by atoms with Gasteiger partial charge in [0.1, 0.15) is 18.1 Å². The fourth-order valence-corrected chi connectivity index (χ4v) is 6.14. The molecule has 6 heteroatoms. The number of fused-ring (bicyclic) bond motifs is 1. The van der Waals surface area contributed by atoms with Crippen LogP contribution in [0.5, 0.6) is 11.5 Å². The van der Waals surface area contributed by atoms with Gasteiger partial charge < -0.3 is 15.2 Å². The zero-order valence-corrected chi connectivity index (χ0v) is 22.8. The number of thiophene rings is 1. The van der Waals surface area contributed by atoms with Crippen molar-refractivity contribution >= 4 is 27.3 Å². The Labute approximate surface area is 229 Å². The zero-order valence-electron chi connectivity index (χ0n) is 22.0. The molecule has 1 fully saturated rings. The van der Waals surface area contributed by atoms with Gasteiger partial charge in [-0.3, -0.25) is 9.69 Å². The van der Waals surface area contributed by atoms with E-state index < -0.39 is 0 Å². The number of amides is 1. The minimum atomic E-state index is -0.289. The second-order valence-corrected chi connectivity index (χ2v) is 11.1. The number of nitrogens with two attached hydrogens (primary N) is 1. The average Bonchev–Trinajstić information content (AvgIpc) is 3.58. The van der Waals surface area contributed by atoms with E-state index in [1.54, 1.807) is 0 Å². The lowest BCUT2D eigenvalue weighted by atomic mass is 9.99. The predicted molar refractivity (Wildman–Crippen MR) is 156 cm³/mol. The maximum atomic E-state index is 11.2. The molecule has 0 spiro atoms.